The van der Waals surface area contributed by atoms with Crippen LogP contribution in [0.15, 0.2) is 38.6 Å². The molecule has 20 heavy (non-hydrogen) atoms. The van der Waals surface area contributed by atoms with Gasteiger partial charge in [0, 0.05) is 9.35 Å². The van der Waals surface area contributed by atoms with Gasteiger partial charge in [0.05, 0.1) is 9.83 Å². The first-order chi connectivity index (χ1) is 9.32. The van der Waals surface area contributed by atoms with Crippen LogP contribution in [0.4, 0.5) is 0 Å². The molecule has 1 heterocycles. The molecule has 0 radical (unpaired) electrons. The molecule has 0 amide bonds. The predicted molar refractivity (Wildman–Crippen MR) is 95.8 cm³/mol. The van der Waals surface area contributed by atoms with E-state index in [4.69, 9.17) is 0 Å². The molecule has 0 saturated carbocycles. The van der Waals surface area contributed by atoms with Gasteiger partial charge in [-0.2, -0.15) is 0 Å². The molecule has 1 nitrogen and oxygen atoms in total. The molecule has 1 unspecified atom stereocenters. The number of benzene rings is 1. The third-order valence-electron chi connectivity index (χ3n) is 3.35. The molecule has 2 rings (SSSR count). The zero-order chi connectivity index (χ0) is 14.9. The highest BCUT2D eigenvalue weighted by Gasteiger charge is 2.18. The third kappa shape index (κ3) is 3.53. The summed E-state index contributed by atoms with van der Waals surface area (Å²) >= 11 is 8.89. The second-order valence-corrected chi connectivity index (χ2v) is 9.12. The summed E-state index contributed by atoms with van der Waals surface area (Å²) in [5, 5.41) is 3.40. The van der Waals surface area contributed by atoms with Gasteiger partial charge in [0.1, 0.15) is 0 Å². The van der Waals surface area contributed by atoms with Gasteiger partial charge < -0.3 is 5.32 Å². The summed E-state index contributed by atoms with van der Waals surface area (Å²) < 4.78 is 2.25. The van der Waals surface area contributed by atoms with Crippen LogP contribution in [0.25, 0.3) is 0 Å². The van der Waals surface area contributed by atoms with E-state index in [9.17, 15) is 0 Å². The third-order valence-corrected chi connectivity index (χ3v) is 6.67. The maximum absolute atomic E-state index is 3.57. The van der Waals surface area contributed by atoms with Gasteiger partial charge in [-0.3, -0.25) is 0 Å². The lowest BCUT2D eigenvalue weighted by Crippen LogP contribution is -2.17. The molecule has 0 spiro atoms. The first-order valence-electron chi connectivity index (χ1n) is 6.55. The van der Waals surface area contributed by atoms with Crippen LogP contribution in [-0.4, -0.2) is 7.05 Å². The van der Waals surface area contributed by atoms with E-state index in [2.05, 4.69) is 88.3 Å². The van der Waals surface area contributed by atoms with Gasteiger partial charge in [-0.15, -0.1) is 11.3 Å². The van der Waals surface area contributed by atoms with Crippen molar-refractivity contribution in [2.24, 2.45) is 0 Å². The minimum Gasteiger partial charge on any atom is -0.309 e. The van der Waals surface area contributed by atoms with Gasteiger partial charge in [-0.05, 0) is 61.5 Å². The zero-order valence-electron chi connectivity index (χ0n) is 12.1. The van der Waals surface area contributed by atoms with E-state index in [0.717, 1.165) is 8.26 Å². The molecule has 1 aromatic carbocycles. The van der Waals surface area contributed by atoms with Gasteiger partial charge in [0.15, 0.2) is 0 Å². The van der Waals surface area contributed by atoms with Gasteiger partial charge in [-0.1, -0.05) is 45.0 Å². The second-order valence-electron chi connectivity index (χ2n) is 5.86. The summed E-state index contributed by atoms with van der Waals surface area (Å²) in [4.78, 5) is 1.30. The lowest BCUT2D eigenvalue weighted by Gasteiger charge is -2.21. The predicted octanol–water partition coefficient (Wildman–Crippen LogP) is 5.88. The van der Waals surface area contributed by atoms with E-state index in [1.807, 2.05) is 7.05 Å². The van der Waals surface area contributed by atoms with Crippen molar-refractivity contribution >= 4 is 43.2 Å². The molecular weight excluding hydrogens is 398 g/mol. The Bertz CT molecular complexity index is 562. The maximum atomic E-state index is 3.57. The molecule has 0 saturated heterocycles. The van der Waals surface area contributed by atoms with Crippen molar-refractivity contribution in [1.82, 2.24) is 5.32 Å². The molecule has 2 aromatic rings. The molecule has 1 aromatic heterocycles. The minimum absolute atomic E-state index is 0.197. The topological polar surface area (TPSA) is 12.0 Å². The van der Waals surface area contributed by atoms with Gasteiger partial charge in [0.2, 0.25) is 0 Å². The largest absolute Gasteiger partial charge is 0.309 e. The van der Waals surface area contributed by atoms with Crippen LogP contribution >= 0.6 is 43.2 Å². The SMILES string of the molecule is CNC(c1ccc(C(C)(C)C)cc1)c1cc(Br)c(Br)s1. The maximum Gasteiger partial charge on any atom is 0.0843 e. The Morgan fingerprint density at radius 1 is 1.10 bits per heavy atom. The quantitative estimate of drug-likeness (QED) is 0.658. The summed E-state index contributed by atoms with van der Waals surface area (Å²) in [6, 6.07) is 11.3. The van der Waals surface area contributed by atoms with Crippen LogP contribution in [0.5, 0.6) is 0 Å². The summed E-state index contributed by atoms with van der Waals surface area (Å²) in [5.41, 5.74) is 2.86. The van der Waals surface area contributed by atoms with Crippen molar-refractivity contribution < 1.29 is 0 Å². The van der Waals surface area contributed by atoms with Gasteiger partial charge in [-0.25, -0.2) is 0 Å². The molecule has 1 N–H and O–H groups in total. The summed E-state index contributed by atoms with van der Waals surface area (Å²) in [6.45, 7) is 6.72. The first-order valence-corrected chi connectivity index (χ1v) is 8.95. The lowest BCUT2D eigenvalue weighted by atomic mass is 9.86. The Morgan fingerprint density at radius 2 is 1.70 bits per heavy atom. The van der Waals surface area contributed by atoms with Crippen LogP contribution in [0, 0.1) is 0 Å². The number of halogens is 2. The standard InChI is InChI=1S/C16H19Br2NS/c1-16(2,3)11-7-5-10(6-8-11)14(19-4)13-9-12(17)15(18)20-13/h5-9,14,19H,1-4H3. The first kappa shape index (κ1) is 16.2. The fraction of sp³-hybridized carbons (Fsp3) is 0.375. The molecule has 0 aliphatic carbocycles. The van der Waals surface area contributed by atoms with Crippen molar-refractivity contribution in [3.05, 3.63) is 54.6 Å². The second kappa shape index (κ2) is 6.30. The van der Waals surface area contributed by atoms with Crippen LogP contribution in [0.2, 0.25) is 0 Å². The molecule has 108 valence electrons. The van der Waals surface area contributed by atoms with E-state index < -0.39 is 0 Å². The Morgan fingerprint density at radius 3 is 2.10 bits per heavy atom. The van der Waals surface area contributed by atoms with Crippen molar-refractivity contribution in [2.75, 3.05) is 7.05 Å². The van der Waals surface area contributed by atoms with E-state index in [1.165, 1.54) is 16.0 Å². The molecular formula is C16H19Br2NS. The number of rotatable bonds is 3. The van der Waals surface area contributed by atoms with E-state index in [-0.39, 0.29) is 11.5 Å². The average molecular weight is 417 g/mol. The fourth-order valence-corrected chi connectivity index (χ4v) is 4.38. The monoisotopic (exact) mass is 415 g/mol. The van der Waals surface area contributed by atoms with Crippen LogP contribution in [-0.2, 0) is 5.41 Å². The highest BCUT2D eigenvalue weighted by atomic mass is 79.9. The summed E-state index contributed by atoms with van der Waals surface area (Å²) in [6.07, 6.45) is 0. The highest BCUT2D eigenvalue weighted by molar-refractivity contribution is 9.13. The van der Waals surface area contributed by atoms with Gasteiger partial charge in [0.25, 0.3) is 0 Å². The molecule has 1 atom stereocenters. The van der Waals surface area contributed by atoms with Crippen LogP contribution in [0.3, 0.4) is 0 Å². The Labute approximate surface area is 142 Å². The van der Waals surface area contributed by atoms with E-state index >= 15 is 0 Å². The zero-order valence-corrected chi connectivity index (χ0v) is 16.1. The smallest absolute Gasteiger partial charge is 0.0843 e. The minimum atomic E-state index is 0.197. The summed E-state index contributed by atoms with van der Waals surface area (Å²) in [7, 11) is 2.00. The number of hydrogen-bond donors (Lipinski definition) is 1. The van der Waals surface area contributed by atoms with E-state index in [1.54, 1.807) is 11.3 Å². The van der Waals surface area contributed by atoms with Crippen molar-refractivity contribution in [3.63, 3.8) is 0 Å². The molecule has 0 bridgehead atoms. The Kier molecular flexibility index (Phi) is 5.11. The molecule has 0 aliphatic heterocycles. The lowest BCUT2D eigenvalue weighted by molar-refractivity contribution is 0.589. The molecule has 4 heteroatoms. The van der Waals surface area contributed by atoms with Crippen molar-refractivity contribution in [3.8, 4) is 0 Å². The average Bonchev–Trinajstić information content (AvgIpc) is 2.70. The number of thiophene rings is 1. The normalized spacial score (nSPS) is 13.5. The highest BCUT2D eigenvalue weighted by Crippen LogP contribution is 2.37. The number of nitrogens with one attached hydrogen (secondary N) is 1. The van der Waals surface area contributed by atoms with Crippen molar-refractivity contribution in [1.29, 1.82) is 0 Å². The Hall–Kier alpha value is -0.160. The molecule has 0 fully saturated rings. The van der Waals surface area contributed by atoms with Crippen molar-refractivity contribution in [2.45, 2.75) is 32.2 Å². The molecule has 0 aliphatic rings. The van der Waals surface area contributed by atoms with E-state index in [0.29, 0.717) is 0 Å². The van der Waals surface area contributed by atoms with Crippen LogP contribution in [0.1, 0.15) is 42.8 Å². The fourth-order valence-electron chi connectivity index (χ4n) is 2.15. The number of hydrogen-bond acceptors (Lipinski definition) is 2. The van der Waals surface area contributed by atoms with Crippen LogP contribution < -0.4 is 5.32 Å². The van der Waals surface area contributed by atoms with Gasteiger partial charge >= 0.3 is 0 Å². The Balaban J connectivity index is 2.33. The summed E-state index contributed by atoms with van der Waals surface area (Å²) in [5.74, 6) is 0.